The fourth-order valence-corrected chi connectivity index (χ4v) is 2.18. The summed E-state index contributed by atoms with van der Waals surface area (Å²) in [5.74, 6) is -0.0681. The van der Waals surface area contributed by atoms with Gasteiger partial charge in [0.15, 0.2) is 0 Å². The Hall–Kier alpha value is -1.39. The minimum atomic E-state index is -0.0681. The van der Waals surface area contributed by atoms with Crippen LogP contribution in [0.1, 0.15) is 18.4 Å². The smallest absolute Gasteiger partial charge is 0.246 e. The Kier molecular flexibility index (Phi) is 4.33. The summed E-state index contributed by atoms with van der Waals surface area (Å²) >= 11 is 5.68. The van der Waals surface area contributed by atoms with Crippen molar-refractivity contribution in [3.63, 3.8) is 0 Å². The van der Waals surface area contributed by atoms with Crippen LogP contribution in [0.15, 0.2) is 24.4 Å². The van der Waals surface area contributed by atoms with Gasteiger partial charge in [-0.05, 0) is 30.5 Å². The Morgan fingerprint density at radius 3 is 3.11 bits per heavy atom. The van der Waals surface area contributed by atoms with E-state index >= 15 is 0 Å². The number of nitrogens with zero attached hydrogens (tertiary/aromatic N) is 2. The highest BCUT2D eigenvalue weighted by molar-refractivity contribution is 6.29. The van der Waals surface area contributed by atoms with Gasteiger partial charge in [0, 0.05) is 18.8 Å². The van der Waals surface area contributed by atoms with Crippen molar-refractivity contribution in [2.75, 3.05) is 13.2 Å². The summed E-state index contributed by atoms with van der Waals surface area (Å²) in [5, 5.41) is 9.59. The quantitative estimate of drug-likeness (QED) is 0.670. The predicted octanol–water partition coefficient (Wildman–Crippen LogP) is 1.73. The molecule has 0 spiro atoms. The molecule has 1 amide bonds. The second kappa shape index (κ2) is 5.98. The number of aliphatic hydroxyl groups excluding tert-OH is 1. The summed E-state index contributed by atoms with van der Waals surface area (Å²) in [4.78, 5) is 17.6. The molecular weight excluding hydrogens is 252 g/mol. The molecule has 1 aliphatic heterocycles. The van der Waals surface area contributed by atoms with E-state index in [4.69, 9.17) is 16.7 Å². The van der Waals surface area contributed by atoms with Crippen LogP contribution in [0.4, 0.5) is 0 Å². The highest BCUT2D eigenvalue weighted by Gasteiger charge is 2.26. The lowest BCUT2D eigenvalue weighted by Crippen LogP contribution is -2.36. The highest BCUT2D eigenvalue weighted by Crippen LogP contribution is 2.17. The molecule has 18 heavy (non-hydrogen) atoms. The third-order valence-corrected chi connectivity index (χ3v) is 3.26. The molecule has 2 heterocycles. The van der Waals surface area contributed by atoms with Gasteiger partial charge < -0.3 is 10.0 Å². The minimum absolute atomic E-state index is 0.0298. The maximum Gasteiger partial charge on any atom is 0.246 e. The van der Waals surface area contributed by atoms with Crippen LogP contribution in [0.2, 0.25) is 5.15 Å². The van der Waals surface area contributed by atoms with E-state index < -0.39 is 0 Å². The van der Waals surface area contributed by atoms with Gasteiger partial charge in [-0.2, -0.15) is 0 Å². The molecule has 0 aromatic carbocycles. The Morgan fingerprint density at radius 1 is 1.61 bits per heavy atom. The van der Waals surface area contributed by atoms with Crippen LogP contribution in [-0.2, 0) is 4.79 Å². The lowest BCUT2D eigenvalue weighted by atomic mass is 10.2. The molecule has 2 rings (SSSR count). The van der Waals surface area contributed by atoms with Crippen molar-refractivity contribution in [3.8, 4) is 0 Å². The van der Waals surface area contributed by atoms with Crippen LogP contribution in [0.5, 0.6) is 0 Å². The monoisotopic (exact) mass is 266 g/mol. The van der Waals surface area contributed by atoms with Gasteiger partial charge in [0.25, 0.3) is 0 Å². The molecule has 1 aromatic heterocycles. The van der Waals surface area contributed by atoms with Crippen LogP contribution in [-0.4, -0.2) is 40.1 Å². The second-order valence-corrected chi connectivity index (χ2v) is 4.65. The molecule has 4 nitrogen and oxygen atoms in total. The van der Waals surface area contributed by atoms with Crippen molar-refractivity contribution in [1.82, 2.24) is 9.88 Å². The SMILES string of the molecule is O=C(/C=C/c1ccc(Cl)nc1)N1CCC[C@@H]1CO. The molecule has 1 atom stereocenters. The largest absolute Gasteiger partial charge is 0.394 e. The molecule has 1 fully saturated rings. The third kappa shape index (κ3) is 3.09. The van der Waals surface area contributed by atoms with Crippen LogP contribution in [0.3, 0.4) is 0 Å². The molecule has 1 N–H and O–H groups in total. The number of carbonyl (C=O) groups is 1. The zero-order valence-corrected chi connectivity index (χ0v) is 10.7. The van der Waals surface area contributed by atoms with Crippen LogP contribution in [0, 0.1) is 0 Å². The van der Waals surface area contributed by atoms with E-state index in [1.165, 1.54) is 6.08 Å². The fourth-order valence-electron chi connectivity index (χ4n) is 2.06. The van der Waals surface area contributed by atoms with Crippen molar-refractivity contribution in [2.24, 2.45) is 0 Å². The first-order valence-corrected chi connectivity index (χ1v) is 6.29. The second-order valence-electron chi connectivity index (χ2n) is 4.26. The number of halogens is 1. The highest BCUT2D eigenvalue weighted by atomic mass is 35.5. The molecule has 1 aromatic rings. The van der Waals surface area contributed by atoms with Gasteiger partial charge in [-0.25, -0.2) is 4.98 Å². The van der Waals surface area contributed by atoms with Crippen molar-refractivity contribution >= 4 is 23.6 Å². The average molecular weight is 267 g/mol. The van der Waals surface area contributed by atoms with E-state index in [-0.39, 0.29) is 18.6 Å². The minimum Gasteiger partial charge on any atom is -0.394 e. The maximum atomic E-state index is 11.9. The van der Waals surface area contributed by atoms with Gasteiger partial charge in [-0.1, -0.05) is 17.7 Å². The number of likely N-dealkylation sites (tertiary alicyclic amines) is 1. The molecule has 0 aliphatic carbocycles. The third-order valence-electron chi connectivity index (χ3n) is 3.04. The number of hydrogen-bond acceptors (Lipinski definition) is 3. The van der Waals surface area contributed by atoms with Gasteiger partial charge in [0.1, 0.15) is 5.15 Å². The van der Waals surface area contributed by atoms with E-state index in [1.807, 2.05) is 0 Å². The molecule has 5 heteroatoms. The lowest BCUT2D eigenvalue weighted by Gasteiger charge is -2.21. The fraction of sp³-hybridized carbons (Fsp3) is 0.385. The number of amides is 1. The summed E-state index contributed by atoms with van der Waals surface area (Å²) in [6, 6.07) is 3.44. The normalized spacial score (nSPS) is 19.7. The molecule has 1 aliphatic rings. The molecule has 1 saturated heterocycles. The van der Waals surface area contributed by atoms with E-state index in [0.717, 1.165) is 18.4 Å². The van der Waals surface area contributed by atoms with Crippen molar-refractivity contribution in [2.45, 2.75) is 18.9 Å². The number of rotatable bonds is 3. The summed E-state index contributed by atoms with van der Waals surface area (Å²) in [7, 11) is 0. The topological polar surface area (TPSA) is 53.4 Å². The van der Waals surface area contributed by atoms with Crippen LogP contribution >= 0.6 is 11.6 Å². The molecule has 0 saturated carbocycles. The van der Waals surface area contributed by atoms with Crippen molar-refractivity contribution in [3.05, 3.63) is 35.1 Å². The molecule has 0 bridgehead atoms. The predicted molar refractivity (Wildman–Crippen MR) is 70.1 cm³/mol. The molecule has 96 valence electrons. The Labute approximate surface area is 111 Å². The Bertz CT molecular complexity index is 445. The number of hydrogen-bond donors (Lipinski definition) is 1. The van der Waals surface area contributed by atoms with Gasteiger partial charge in [0.2, 0.25) is 5.91 Å². The lowest BCUT2D eigenvalue weighted by molar-refractivity contribution is -0.127. The first-order valence-electron chi connectivity index (χ1n) is 5.92. The van der Waals surface area contributed by atoms with E-state index in [1.54, 1.807) is 29.3 Å². The zero-order chi connectivity index (χ0) is 13.0. The van der Waals surface area contributed by atoms with Crippen molar-refractivity contribution in [1.29, 1.82) is 0 Å². The summed E-state index contributed by atoms with van der Waals surface area (Å²) in [6.07, 6.45) is 6.66. The van der Waals surface area contributed by atoms with E-state index in [0.29, 0.717) is 11.7 Å². The van der Waals surface area contributed by atoms with Gasteiger partial charge in [-0.15, -0.1) is 0 Å². The average Bonchev–Trinajstić information content (AvgIpc) is 2.86. The van der Waals surface area contributed by atoms with Crippen LogP contribution in [0.25, 0.3) is 6.08 Å². The first-order chi connectivity index (χ1) is 8.70. The summed E-state index contributed by atoms with van der Waals surface area (Å²) in [6.45, 7) is 0.745. The standard InChI is InChI=1S/C13H15ClN2O2/c14-12-5-3-10(8-15-12)4-6-13(18)16-7-1-2-11(16)9-17/h3-6,8,11,17H,1-2,7,9H2/b6-4+/t11-/m1/s1. The van der Waals surface area contributed by atoms with E-state index in [2.05, 4.69) is 4.98 Å². The Morgan fingerprint density at radius 2 is 2.44 bits per heavy atom. The Balaban J connectivity index is 2.00. The first kappa shape index (κ1) is 13.1. The molecule has 0 unspecified atom stereocenters. The maximum absolute atomic E-state index is 11.9. The van der Waals surface area contributed by atoms with E-state index in [9.17, 15) is 4.79 Å². The number of pyridine rings is 1. The number of carbonyl (C=O) groups excluding carboxylic acids is 1. The molecular formula is C13H15ClN2O2. The zero-order valence-electron chi connectivity index (χ0n) is 9.92. The summed E-state index contributed by atoms with van der Waals surface area (Å²) in [5.41, 5.74) is 0.826. The summed E-state index contributed by atoms with van der Waals surface area (Å²) < 4.78 is 0. The van der Waals surface area contributed by atoms with Gasteiger partial charge >= 0.3 is 0 Å². The van der Waals surface area contributed by atoms with Crippen molar-refractivity contribution < 1.29 is 9.90 Å². The van der Waals surface area contributed by atoms with Gasteiger partial charge in [-0.3, -0.25) is 4.79 Å². The number of aliphatic hydroxyl groups is 1. The molecule has 0 radical (unpaired) electrons. The van der Waals surface area contributed by atoms with Crippen LogP contribution < -0.4 is 0 Å². The van der Waals surface area contributed by atoms with Gasteiger partial charge in [0.05, 0.1) is 12.6 Å². The number of aromatic nitrogens is 1.